The van der Waals surface area contributed by atoms with Crippen LogP contribution in [-0.2, 0) is 23.9 Å². The molecule has 1 N–H and O–H groups in total. The van der Waals surface area contributed by atoms with Crippen LogP contribution in [-0.4, -0.2) is 54.7 Å². The molecule has 4 atom stereocenters. The fourth-order valence-corrected chi connectivity index (χ4v) is 4.38. The van der Waals surface area contributed by atoms with E-state index in [1.165, 1.54) is 6.92 Å². The molecule has 0 bridgehead atoms. The van der Waals surface area contributed by atoms with Crippen LogP contribution in [0.4, 0.5) is 5.69 Å². The minimum Gasteiger partial charge on any atom is -0.466 e. The molecule has 0 saturated heterocycles. The van der Waals surface area contributed by atoms with Gasteiger partial charge < -0.3 is 19.5 Å². The summed E-state index contributed by atoms with van der Waals surface area (Å²) >= 11 is 0. The molecule has 1 aromatic rings. The topological polar surface area (TPSA) is 93.1 Å². The number of ketones is 1. The number of nitrogens with zero attached hydrogens (tertiary/aromatic N) is 1. The molecule has 7 heteroatoms. The van der Waals surface area contributed by atoms with Crippen LogP contribution in [0.3, 0.4) is 0 Å². The van der Waals surface area contributed by atoms with E-state index in [1.807, 2.05) is 24.3 Å². The van der Waals surface area contributed by atoms with Crippen LogP contribution in [0.25, 0.3) is 0 Å². The van der Waals surface area contributed by atoms with E-state index in [-0.39, 0.29) is 19.6 Å². The molecule has 0 aromatic heterocycles. The Balaban J connectivity index is 2.57. The number of esters is 2. The van der Waals surface area contributed by atoms with Crippen molar-refractivity contribution in [2.75, 3.05) is 31.2 Å². The zero-order chi connectivity index (χ0) is 22.5. The van der Waals surface area contributed by atoms with Gasteiger partial charge in [-0.05, 0) is 52.3 Å². The maximum Gasteiger partial charge on any atom is 0.317 e. The quantitative estimate of drug-likeness (QED) is 0.511. The second-order valence-corrected chi connectivity index (χ2v) is 7.75. The van der Waals surface area contributed by atoms with Gasteiger partial charge in [0.25, 0.3) is 0 Å². The molecule has 1 aliphatic carbocycles. The number of hydrogen-bond donors (Lipinski definition) is 1. The largest absolute Gasteiger partial charge is 0.466 e. The summed E-state index contributed by atoms with van der Waals surface area (Å²) in [7, 11) is 0. The molecule has 7 nitrogen and oxygen atoms in total. The zero-order valence-electron chi connectivity index (χ0n) is 18.5. The molecule has 1 fully saturated rings. The summed E-state index contributed by atoms with van der Waals surface area (Å²) in [5, 5.41) is 11.0. The summed E-state index contributed by atoms with van der Waals surface area (Å²) in [6.07, 6.45) is -0.312. The molecular formula is C23H33NO6. The van der Waals surface area contributed by atoms with Crippen LogP contribution in [0.1, 0.15) is 52.5 Å². The number of aliphatic hydroxyl groups is 1. The Labute approximate surface area is 178 Å². The highest BCUT2D eigenvalue weighted by Crippen LogP contribution is 2.47. The van der Waals surface area contributed by atoms with Gasteiger partial charge in [-0.15, -0.1) is 0 Å². The maximum absolute atomic E-state index is 12.9. The third-order valence-electron chi connectivity index (χ3n) is 5.75. The van der Waals surface area contributed by atoms with Gasteiger partial charge in [0.15, 0.2) is 5.78 Å². The first-order valence-electron chi connectivity index (χ1n) is 10.6. The van der Waals surface area contributed by atoms with E-state index in [2.05, 4.69) is 18.7 Å². The summed E-state index contributed by atoms with van der Waals surface area (Å²) < 4.78 is 10.4. The van der Waals surface area contributed by atoms with Crippen LogP contribution in [0.2, 0.25) is 0 Å². The molecule has 1 aliphatic rings. The zero-order valence-corrected chi connectivity index (χ0v) is 18.5. The monoisotopic (exact) mass is 419 g/mol. The van der Waals surface area contributed by atoms with E-state index in [1.54, 1.807) is 13.8 Å². The first-order chi connectivity index (χ1) is 14.2. The van der Waals surface area contributed by atoms with Crippen LogP contribution < -0.4 is 4.90 Å². The van der Waals surface area contributed by atoms with Gasteiger partial charge in [0.2, 0.25) is 0 Å². The molecule has 30 heavy (non-hydrogen) atoms. The standard InChI is InChI=1S/C23H33NO6/c1-6-24(7-2)16-12-10-15(11-13-16)18-19(21(26)29-8-3)17(25)14-23(5,28)20(18)22(27)30-9-4/h10-13,18-20,28H,6-9,14H2,1-5H3/t18-,19-,20-,23-/m1/s1. The Bertz CT molecular complexity index is 753. The number of rotatable bonds is 8. The first-order valence-corrected chi connectivity index (χ1v) is 10.6. The molecule has 0 aliphatic heterocycles. The highest BCUT2D eigenvalue weighted by atomic mass is 16.5. The van der Waals surface area contributed by atoms with Crippen molar-refractivity contribution in [3.63, 3.8) is 0 Å². The van der Waals surface area contributed by atoms with E-state index < -0.39 is 41.1 Å². The fraction of sp³-hybridized carbons (Fsp3) is 0.609. The summed E-state index contributed by atoms with van der Waals surface area (Å²) in [6.45, 7) is 10.8. The molecule has 0 heterocycles. The van der Waals surface area contributed by atoms with E-state index in [4.69, 9.17) is 9.47 Å². The third kappa shape index (κ3) is 4.83. The lowest BCUT2D eigenvalue weighted by molar-refractivity contribution is -0.172. The normalized spacial score (nSPS) is 26.2. The molecule has 166 valence electrons. The maximum atomic E-state index is 12.9. The Kier molecular flexibility index (Phi) is 8.01. The molecule has 1 aromatic carbocycles. The van der Waals surface area contributed by atoms with Gasteiger partial charge in [-0.1, -0.05) is 12.1 Å². The van der Waals surface area contributed by atoms with Crippen LogP contribution >= 0.6 is 0 Å². The Morgan fingerprint density at radius 1 is 1.03 bits per heavy atom. The molecule has 2 rings (SSSR count). The molecule has 0 spiro atoms. The number of carbonyl (C=O) groups is 3. The average Bonchev–Trinajstić information content (AvgIpc) is 2.68. The lowest BCUT2D eigenvalue weighted by Gasteiger charge is -2.43. The van der Waals surface area contributed by atoms with E-state index >= 15 is 0 Å². The van der Waals surface area contributed by atoms with Gasteiger partial charge >= 0.3 is 11.9 Å². The van der Waals surface area contributed by atoms with Gasteiger partial charge in [0.1, 0.15) is 5.92 Å². The number of anilines is 1. The van der Waals surface area contributed by atoms with Crippen molar-refractivity contribution in [1.82, 2.24) is 0 Å². The number of ether oxygens (including phenoxy) is 2. The predicted octanol–water partition coefficient (Wildman–Crippen LogP) is 2.70. The van der Waals surface area contributed by atoms with Crippen LogP contribution in [0.5, 0.6) is 0 Å². The molecule has 1 saturated carbocycles. The van der Waals surface area contributed by atoms with Crippen LogP contribution in [0, 0.1) is 11.8 Å². The predicted molar refractivity (Wildman–Crippen MR) is 113 cm³/mol. The van der Waals surface area contributed by atoms with Gasteiger partial charge in [-0.3, -0.25) is 14.4 Å². The minimum absolute atomic E-state index is 0.122. The van der Waals surface area contributed by atoms with Crippen molar-refractivity contribution in [2.24, 2.45) is 11.8 Å². The smallest absolute Gasteiger partial charge is 0.317 e. The van der Waals surface area contributed by atoms with E-state index in [9.17, 15) is 19.5 Å². The Morgan fingerprint density at radius 3 is 2.07 bits per heavy atom. The summed E-state index contributed by atoms with van der Waals surface area (Å²) in [5.41, 5.74) is -0.0116. The van der Waals surface area contributed by atoms with Crippen molar-refractivity contribution in [2.45, 2.75) is 52.6 Å². The number of benzene rings is 1. The Morgan fingerprint density at radius 2 is 1.57 bits per heavy atom. The average molecular weight is 420 g/mol. The highest BCUT2D eigenvalue weighted by molar-refractivity contribution is 6.02. The van der Waals surface area contributed by atoms with Crippen molar-refractivity contribution < 1.29 is 29.0 Å². The van der Waals surface area contributed by atoms with Gasteiger partial charge in [0, 0.05) is 31.1 Å². The van der Waals surface area contributed by atoms with Gasteiger partial charge in [-0.2, -0.15) is 0 Å². The van der Waals surface area contributed by atoms with Crippen molar-refractivity contribution in [1.29, 1.82) is 0 Å². The van der Waals surface area contributed by atoms with Crippen molar-refractivity contribution >= 4 is 23.4 Å². The SMILES string of the molecule is CCOC(=O)[C@@H]1C(=O)C[C@@](C)(O)[C@@H](C(=O)OCC)[C@@H]1c1ccc(N(CC)CC)cc1. The number of Topliss-reactive ketones (excluding diaryl/α,β-unsaturated/α-hetero) is 1. The summed E-state index contributed by atoms with van der Waals surface area (Å²) in [6, 6.07) is 7.43. The van der Waals surface area contributed by atoms with E-state index in [0.717, 1.165) is 18.8 Å². The minimum atomic E-state index is -1.63. The first kappa shape index (κ1) is 23.9. The van der Waals surface area contributed by atoms with Crippen LogP contribution in [0.15, 0.2) is 24.3 Å². The fourth-order valence-electron chi connectivity index (χ4n) is 4.38. The third-order valence-corrected chi connectivity index (χ3v) is 5.75. The lowest BCUT2D eigenvalue weighted by atomic mass is 9.61. The molecular weight excluding hydrogens is 386 g/mol. The molecule has 0 radical (unpaired) electrons. The Hall–Kier alpha value is -2.41. The highest BCUT2D eigenvalue weighted by Gasteiger charge is 2.57. The van der Waals surface area contributed by atoms with Crippen molar-refractivity contribution in [3.8, 4) is 0 Å². The lowest BCUT2D eigenvalue weighted by Crippen LogP contribution is -2.55. The second-order valence-electron chi connectivity index (χ2n) is 7.75. The van der Waals surface area contributed by atoms with E-state index in [0.29, 0.717) is 5.56 Å². The van der Waals surface area contributed by atoms with Crippen molar-refractivity contribution in [3.05, 3.63) is 29.8 Å². The number of carbonyl (C=O) groups excluding carboxylic acids is 3. The second kappa shape index (κ2) is 10.1. The van der Waals surface area contributed by atoms with Gasteiger partial charge in [0.05, 0.1) is 24.7 Å². The number of hydrogen-bond acceptors (Lipinski definition) is 7. The summed E-state index contributed by atoms with van der Waals surface area (Å²) in [4.78, 5) is 40.6. The molecule has 0 amide bonds. The summed E-state index contributed by atoms with van der Waals surface area (Å²) in [5.74, 6) is -4.84. The van der Waals surface area contributed by atoms with Gasteiger partial charge in [-0.25, -0.2) is 0 Å². The molecule has 0 unspecified atom stereocenters.